The molecule has 0 spiro atoms. The lowest BCUT2D eigenvalue weighted by molar-refractivity contribution is -0.115. The van der Waals surface area contributed by atoms with Gasteiger partial charge in [0.25, 0.3) is 0 Å². The van der Waals surface area contributed by atoms with Gasteiger partial charge in [0.15, 0.2) is 0 Å². The van der Waals surface area contributed by atoms with E-state index in [0.717, 1.165) is 23.0 Å². The summed E-state index contributed by atoms with van der Waals surface area (Å²) in [5.74, 6) is -0.0195. The molecule has 1 aliphatic carbocycles. The van der Waals surface area contributed by atoms with Crippen molar-refractivity contribution in [1.29, 1.82) is 0 Å². The molecule has 4 nitrogen and oxygen atoms in total. The van der Waals surface area contributed by atoms with Gasteiger partial charge in [-0.05, 0) is 31.0 Å². The number of halogens is 1. The molecule has 1 aromatic carbocycles. The van der Waals surface area contributed by atoms with Crippen molar-refractivity contribution in [2.45, 2.75) is 25.0 Å². The largest absolute Gasteiger partial charge is 0.381 e. The molecule has 1 aromatic rings. The summed E-state index contributed by atoms with van der Waals surface area (Å²) >= 11 is 3.37. The molecule has 98 valence electrons. The topological polar surface area (TPSA) is 50.4 Å². The summed E-state index contributed by atoms with van der Waals surface area (Å²) in [7, 11) is 1.72. The second-order valence-corrected chi connectivity index (χ2v) is 5.38. The van der Waals surface area contributed by atoms with Gasteiger partial charge in [-0.1, -0.05) is 22.0 Å². The van der Waals surface area contributed by atoms with Gasteiger partial charge >= 0.3 is 0 Å². The van der Waals surface area contributed by atoms with Crippen LogP contribution in [0.1, 0.15) is 12.8 Å². The molecule has 2 N–H and O–H groups in total. The molecule has 18 heavy (non-hydrogen) atoms. The number of methoxy groups -OCH3 is 1. The molecule has 2 rings (SSSR count). The maximum Gasteiger partial charge on any atom is 0.238 e. The van der Waals surface area contributed by atoms with Gasteiger partial charge in [0, 0.05) is 23.3 Å². The molecule has 1 fully saturated rings. The molecule has 0 aliphatic heterocycles. The quantitative estimate of drug-likeness (QED) is 0.876. The van der Waals surface area contributed by atoms with Crippen LogP contribution in [-0.2, 0) is 9.53 Å². The molecule has 0 unspecified atom stereocenters. The van der Waals surface area contributed by atoms with Crippen molar-refractivity contribution in [3.8, 4) is 0 Å². The number of ether oxygens (including phenoxy) is 1. The van der Waals surface area contributed by atoms with Crippen LogP contribution in [0.25, 0.3) is 0 Å². The van der Waals surface area contributed by atoms with E-state index in [1.54, 1.807) is 7.11 Å². The van der Waals surface area contributed by atoms with Gasteiger partial charge in [0.2, 0.25) is 5.91 Å². The number of anilines is 1. The van der Waals surface area contributed by atoms with E-state index < -0.39 is 0 Å². The maximum atomic E-state index is 11.7. The Balaban J connectivity index is 1.70. The van der Waals surface area contributed by atoms with Crippen molar-refractivity contribution in [3.63, 3.8) is 0 Å². The average molecular weight is 313 g/mol. The third-order valence-corrected chi connectivity index (χ3v) is 3.58. The summed E-state index contributed by atoms with van der Waals surface area (Å²) in [5, 5.41) is 6.06. The third-order valence-electron chi connectivity index (χ3n) is 3.09. The lowest BCUT2D eigenvalue weighted by atomic mass is 9.89. The van der Waals surface area contributed by atoms with Crippen LogP contribution in [-0.4, -0.2) is 31.7 Å². The zero-order valence-corrected chi connectivity index (χ0v) is 11.9. The molecule has 0 atom stereocenters. The van der Waals surface area contributed by atoms with Gasteiger partial charge in [0.05, 0.1) is 12.6 Å². The lowest BCUT2D eigenvalue weighted by Crippen LogP contribution is -2.47. The molecule has 0 saturated heterocycles. The standard InChI is InChI=1S/C13H17BrN2O2/c1-18-12-6-11(7-12)15-8-13(17)16-10-4-2-3-9(14)5-10/h2-5,11-12,15H,6-8H2,1H3,(H,16,17). The van der Waals surface area contributed by atoms with Gasteiger partial charge in [-0.15, -0.1) is 0 Å². The number of hydrogen-bond acceptors (Lipinski definition) is 3. The van der Waals surface area contributed by atoms with Crippen LogP contribution in [0.2, 0.25) is 0 Å². The maximum absolute atomic E-state index is 11.7. The predicted molar refractivity (Wildman–Crippen MR) is 74.6 cm³/mol. The summed E-state index contributed by atoms with van der Waals surface area (Å²) < 4.78 is 6.14. The molecule has 0 aromatic heterocycles. The van der Waals surface area contributed by atoms with Gasteiger partial charge in [-0.25, -0.2) is 0 Å². The second-order valence-electron chi connectivity index (χ2n) is 4.47. The highest BCUT2D eigenvalue weighted by molar-refractivity contribution is 9.10. The van der Waals surface area contributed by atoms with Crippen LogP contribution in [0.4, 0.5) is 5.69 Å². The Hall–Kier alpha value is -0.910. The summed E-state index contributed by atoms with van der Waals surface area (Å²) in [6.45, 7) is 0.341. The van der Waals surface area contributed by atoms with E-state index in [1.807, 2.05) is 24.3 Å². The van der Waals surface area contributed by atoms with E-state index >= 15 is 0 Å². The molecular weight excluding hydrogens is 296 g/mol. The molecule has 0 bridgehead atoms. The van der Waals surface area contributed by atoms with Gasteiger partial charge in [-0.2, -0.15) is 0 Å². The summed E-state index contributed by atoms with van der Waals surface area (Å²) in [4.78, 5) is 11.7. The first-order valence-corrected chi connectivity index (χ1v) is 6.78. The summed E-state index contributed by atoms with van der Waals surface area (Å²) in [6, 6.07) is 7.97. The molecule has 0 radical (unpaired) electrons. The van der Waals surface area contributed by atoms with E-state index in [4.69, 9.17) is 4.74 Å². The van der Waals surface area contributed by atoms with Crippen molar-refractivity contribution in [3.05, 3.63) is 28.7 Å². The zero-order valence-electron chi connectivity index (χ0n) is 10.3. The molecule has 0 heterocycles. The highest BCUT2D eigenvalue weighted by Gasteiger charge is 2.28. The number of benzene rings is 1. The smallest absolute Gasteiger partial charge is 0.238 e. The van der Waals surface area contributed by atoms with Crippen LogP contribution >= 0.6 is 15.9 Å². The highest BCUT2D eigenvalue weighted by Crippen LogP contribution is 2.22. The molecule has 1 aliphatic rings. The Morgan fingerprint density at radius 2 is 2.28 bits per heavy atom. The van der Waals surface area contributed by atoms with E-state index in [9.17, 15) is 4.79 Å². The van der Waals surface area contributed by atoms with Crippen LogP contribution in [0, 0.1) is 0 Å². The fraction of sp³-hybridized carbons (Fsp3) is 0.462. The first-order chi connectivity index (χ1) is 8.67. The Kier molecular flexibility index (Phi) is 4.74. The normalized spacial score (nSPS) is 22.3. The summed E-state index contributed by atoms with van der Waals surface area (Å²) in [6.07, 6.45) is 2.33. The molecule has 1 saturated carbocycles. The second kappa shape index (κ2) is 6.31. The minimum absolute atomic E-state index is 0.0195. The Labute approximate surface area is 115 Å². The Morgan fingerprint density at radius 1 is 1.50 bits per heavy atom. The minimum Gasteiger partial charge on any atom is -0.381 e. The number of nitrogens with one attached hydrogen (secondary N) is 2. The molecule has 1 amide bonds. The van der Waals surface area contributed by atoms with Crippen molar-refractivity contribution >= 4 is 27.5 Å². The van der Waals surface area contributed by atoms with E-state index in [2.05, 4.69) is 26.6 Å². The summed E-state index contributed by atoms with van der Waals surface area (Å²) in [5.41, 5.74) is 0.805. The average Bonchev–Trinajstić information content (AvgIpc) is 2.27. The van der Waals surface area contributed by atoms with Gasteiger partial charge in [0.1, 0.15) is 0 Å². The Bertz CT molecular complexity index is 419. The number of amides is 1. The van der Waals surface area contributed by atoms with Gasteiger partial charge < -0.3 is 15.4 Å². The van der Waals surface area contributed by atoms with Crippen molar-refractivity contribution in [2.75, 3.05) is 19.0 Å². The third kappa shape index (κ3) is 3.80. The molecular formula is C13H17BrN2O2. The molecule has 5 heteroatoms. The Morgan fingerprint density at radius 3 is 2.94 bits per heavy atom. The zero-order chi connectivity index (χ0) is 13.0. The van der Waals surface area contributed by atoms with Crippen molar-refractivity contribution < 1.29 is 9.53 Å². The fourth-order valence-electron chi connectivity index (χ4n) is 1.93. The minimum atomic E-state index is -0.0195. The van der Waals surface area contributed by atoms with Crippen LogP contribution in [0.5, 0.6) is 0 Å². The number of carbonyl (C=O) groups excluding carboxylic acids is 1. The van der Waals surface area contributed by atoms with E-state index in [-0.39, 0.29) is 5.91 Å². The van der Waals surface area contributed by atoms with E-state index in [1.165, 1.54) is 0 Å². The first kappa shape index (κ1) is 13.5. The highest BCUT2D eigenvalue weighted by atomic mass is 79.9. The number of rotatable bonds is 5. The number of carbonyl (C=O) groups is 1. The van der Waals surface area contributed by atoms with Crippen LogP contribution < -0.4 is 10.6 Å². The monoisotopic (exact) mass is 312 g/mol. The van der Waals surface area contributed by atoms with Crippen molar-refractivity contribution in [2.24, 2.45) is 0 Å². The number of hydrogen-bond donors (Lipinski definition) is 2. The van der Waals surface area contributed by atoms with Crippen LogP contribution in [0.15, 0.2) is 28.7 Å². The lowest BCUT2D eigenvalue weighted by Gasteiger charge is -2.34. The predicted octanol–water partition coefficient (Wildman–Crippen LogP) is 2.15. The van der Waals surface area contributed by atoms with Crippen LogP contribution in [0.3, 0.4) is 0 Å². The van der Waals surface area contributed by atoms with Gasteiger partial charge in [-0.3, -0.25) is 4.79 Å². The van der Waals surface area contributed by atoms with E-state index in [0.29, 0.717) is 18.7 Å². The fourth-order valence-corrected chi connectivity index (χ4v) is 2.33. The first-order valence-electron chi connectivity index (χ1n) is 5.99. The van der Waals surface area contributed by atoms with Crippen molar-refractivity contribution in [1.82, 2.24) is 5.32 Å². The SMILES string of the molecule is COC1CC(NCC(=O)Nc2cccc(Br)c2)C1.